The number of carbonyl (C=O) groups excluding carboxylic acids is 2. The van der Waals surface area contributed by atoms with E-state index >= 15 is 0 Å². The van der Waals surface area contributed by atoms with Gasteiger partial charge in [0, 0.05) is 22.8 Å². The van der Waals surface area contributed by atoms with Crippen LogP contribution in [0.1, 0.15) is 22.8 Å². The lowest BCUT2D eigenvalue weighted by molar-refractivity contribution is -0.117. The number of carbonyl (C=O) groups is 2. The molecule has 2 N–H and O–H groups in total. The maximum absolute atomic E-state index is 12.0. The Balaban J connectivity index is 2.03. The van der Waals surface area contributed by atoms with Crippen molar-refractivity contribution in [1.82, 2.24) is 4.90 Å². The molecule has 24 heavy (non-hydrogen) atoms. The van der Waals surface area contributed by atoms with Gasteiger partial charge in [0.05, 0.1) is 12.1 Å². The summed E-state index contributed by atoms with van der Waals surface area (Å²) in [6, 6.07) is 12.2. The van der Waals surface area contributed by atoms with Gasteiger partial charge in [-0.3, -0.25) is 14.5 Å². The zero-order valence-corrected chi connectivity index (χ0v) is 14.3. The van der Waals surface area contributed by atoms with Gasteiger partial charge in [-0.2, -0.15) is 0 Å². The van der Waals surface area contributed by atoms with Gasteiger partial charge in [-0.25, -0.2) is 0 Å². The second-order valence-electron chi connectivity index (χ2n) is 5.60. The molecule has 0 saturated carbocycles. The number of ketones is 1. The van der Waals surface area contributed by atoms with Crippen LogP contribution in [0, 0.1) is 0 Å². The zero-order valence-electron chi connectivity index (χ0n) is 13.5. The molecule has 0 unspecified atom stereocenters. The van der Waals surface area contributed by atoms with Crippen molar-refractivity contribution in [1.29, 1.82) is 0 Å². The number of amides is 1. The molecule has 1 amide bonds. The van der Waals surface area contributed by atoms with Crippen molar-refractivity contribution in [3.63, 3.8) is 0 Å². The van der Waals surface area contributed by atoms with Crippen molar-refractivity contribution in [2.75, 3.05) is 18.9 Å². The molecule has 0 aliphatic carbocycles. The minimum atomic E-state index is -0.263. The summed E-state index contributed by atoms with van der Waals surface area (Å²) in [5.41, 5.74) is 1.41. The van der Waals surface area contributed by atoms with Crippen LogP contribution in [0.3, 0.4) is 0 Å². The number of Topliss-reactive ketones (excluding diaryl/α,β-unsaturated/α-hetero) is 1. The average Bonchev–Trinajstić information content (AvgIpc) is 2.51. The van der Waals surface area contributed by atoms with Crippen LogP contribution in [0.4, 0.5) is 5.69 Å². The molecule has 0 heterocycles. The molecule has 6 heteroatoms. The lowest BCUT2D eigenvalue weighted by atomic mass is 10.1. The van der Waals surface area contributed by atoms with Crippen LogP contribution < -0.4 is 5.32 Å². The van der Waals surface area contributed by atoms with E-state index in [-0.39, 0.29) is 36.1 Å². The van der Waals surface area contributed by atoms with Gasteiger partial charge in [-0.15, -0.1) is 0 Å². The van der Waals surface area contributed by atoms with Crippen molar-refractivity contribution >= 4 is 29.0 Å². The zero-order chi connectivity index (χ0) is 17.7. The number of likely N-dealkylation sites (N-methyl/N-ethyl adjacent to an activating group) is 1. The van der Waals surface area contributed by atoms with Crippen LogP contribution >= 0.6 is 11.6 Å². The molecule has 0 spiro atoms. The molecule has 2 aromatic rings. The highest BCUT2D eigenvalue weighted by Gasteiger charge is 2.15. The average molecular weight is 347 g/mol. The van der Waals surface area contributed by atoms with Gasteiger partial charge in [-0.05, 0) is 38.2 Å². The van der Waals surface area contributed by atoms with Crippen molar-refractivity contribution in [2.24, 2.45) is 0 Å². The van der Waals surface area contributed by atoms with Gasteiger partial charge in [0.1, 0.15) is 5.75 Å². The largest absolute Gasteiger partial charge is 0.507 e. The first-order valence-corrected chi connectivity index (χ1v) is 7.80. The molecule has 0 aliphatic rings. The molecule has 126 valence electrons. The summed E-state index contributed by atoms with van der Waals surface area (Å²) >= 11 is 6.00. The van der Waals surface area contributed by atoms with E-state index in [1.165, 1.54) is 13.0 Å². The first kappa shape index (κ1) is 18.0. The fourth-order valence-electron chi connectivity index (χ4n) is 2.36. The molecule has 0 aromatic heterocycles. The Labute approximate surface area is 145 Å². The highest BCUT2D eigenvalue weighted by Crippen LogP contribution is 2.28. The number of anilines is 1. The van der Waals surface area contributed by atoms with Crippen molar-refractivity contribution in [3.05, 3.63) is 58.6 Å². The van der Waals surface area contributed by atoms with Crippen LogP contribution in [0.5, 0.6) is 5.75 Å². The minimum absolute atomic E-state index is 0.0952. The summed E-state index contributed by atoms with van der Waals surface area (Å²) in [5, 5.41) is 13.4. The van der Waals surface area contributed by atoms with E-state index in [4.69, 9.17) is 11.6 Å². The molecule has 0 radical (unpaired) electrons. The second kappa shape index (κ2) is 7.95. The summed E-state index contributed by atoms with van der Waals surface area (Å²) < 4.78 is 0. The standard InChI is InChI=1S/C18H19ClN2O3/c1-12(22)16-9-14(19)8-13(18(16)24)10-21(2)11-17(23)20-15-6-4-3-5-7-15/h3-9,24H,10-11H2,1-2H3,(H,20,23). The van der Waals surface area contributed by atoms with Crippen molar-refractivity contribution < 1.29 is 14.7 Å². The van der Waals surface area contributed by atoms with E-state index in [1.54, 1.807) is 30.1 Å². The number of phenols is 1. The third-order valence-electron chi connectivity index (χ3n) is 3.44. The van der Waals surface area contributed by atoms with Gasteiger partial charge < -0.3 is 10.4 Å². The van der Waals surface area contributed by atoms with E-state index < -0.39 is 0 Å². The third-order valence-corrected chi connectivity index (χ3v) is 3.66. The first-order valence-electron chi connectivity index (χ1n) is 7.42. The normalized spacial score (nSPS) is 10.7. The molecular formula is C18H19ClN2O3. The third kappa shape index (κ3) is 4.81. The molecule has 2 aromatic carbocycles. The quantitative estimate of drug-likeness (QED) is 0.787. The summed E-state index contributed by atoms with van der Waals surface area (Å²) in [7, 11) is 1.75. The predicted molar refractivity (Wildman–Crippen MR) is 94.5 cm³/mol. The van der Waals surface area contributed by atoms with Gasteiger partial charge >= 0.3 is 0 Å². The summed E-state index contributed by atoms with van der Waals surface area (Å²) in [6.07, 6.45) is 0. The van der Waals surface area contributed by atoms with Gasteiger partial charge in [0.15, 0.2) is 5.78 Å². The molecular weight excluding hydrogens is 328 g/mol. The van der Waals surface area contributed by atoms with E-state index in [2.05, 4.69) is 5.32 Å². The number of para-hydroxylation sites is 1. The Morgan fingerprint density at radius 1 is 1.21 bits per heavy atom. The van der Waals surface area contributed by atoms with Crippen LogP contribution in [0.25, 0.3) is 0 Å². The van der Waals surface area contributed by atoms with Gasteiger partial charge in [0.2, 0.25) is 5.91 Å². The molecule has 2 rings (SSSR count). The number of benzene rings is 2. The predicted octanol–water partition coefficient (Wildman–Crippen LogP) is 3.32. The lowest BCUT2D eigenvalue weighted by Gasteiger charge is -2.18. The van der Waals surface area contributed by atoms with E-state index in [1.807, 2.05) is 18.2 Å². The number of nitrogens with zero attached hydrogens (tertiary/aromatic N) is 1. The van der Waals surface area contributed by atoms with Crippen LogP contribution in [0.15, 0.2) is 42.5 Å². The Hall–Kier alpha value is -2.37. The number of phenolic OH excluding ortho intramolecular Hbond substituents is 1. The summed E-state index contributed by atoms with van der Waals surface area (Å²) in [5.74, 6) is -0.528. The topological polar surface area (TPSA) is 69.6 Å². The molecule has 0 bridgehead atoms. The molecule has 0 atom stereocenters. The van der Waals surface area contributed by atoms with Crippen LogP contribution in [-0.4, -0.2) is 35.3 Å². The Kier molecular flexibility index (Phi) is 5.95. The Morgan fingerprint density at radius 2 is 1.88 bits per heavy atom. The highest BCUT2D eigenvalue weighted by molar-refractivity contribution is 6.31. The number of halogens is 1. The van der Waals surface area contributed by atoms with Gasteiger partial charge in [0.25, 0.3) is 0 Å². The number of aromatic hydroxyl groups is 1. The number of nitrogens with one attached hydrogen (secondary N) is 1. The summed E-state index contributed by atoms with van der Waals surface area (Å²) in [6.45, 7) is 1.79. The first-order chi connectivity index (χ1) is 11.4. The SMILES string of the molecule is CC(=O)c1cc(Cl)cc(CN(C)CC(=O)Nc2ccccc2)c1O. The monoisotopic (exact) mass is 346 g/mol. The van der Waals surface area contributed by atoms with Crippen LogP contribution in [0.2, 0.25) is 5.02 Å². The van der Waals surface area contributed by atoms with Crippen molar-refractivity contribution in [2.45, 2.75) is 13.5 Å². The number of hydrogen-bond acceptors (Lipinski definition) is 4. The molecule has 0 fully saturated rings. The number of hydrogen-bond donors (Lipinski definition) is 2. The lowest BCUT2D eigenvalue weighted by Crippen LogP contribution is -2.29. The smallest absolute Gasteiger partial charge is 0.238 e. The van der Waals surface area contributed by atoms with Crippen LogP contribution in [-0.2, 0) is 11.3 Å². The van der Waals surface area contributed by atoms with E-state index in [0.29, 0.717) is 10.6 Å². The maximum atomic E-state index is 12.0. The van der Waals surface area contributed by atoms with Crippen molar-refractivity contribution in [3.8, 4) is 5.75 Å². The second-order valence-corrected chi connectivity index (χ2v) is 6.04. The highest BCUT2D eigenvalue weighted by atomic mass is 35.5. The Morgan fingerprint density at radius 3 is 2.50 bits per heavy atom. The number of rotatable bonds is 6. The molecule has 0 aliphatic heterocycles. The van der Waals surface area contributed by atoms with E-state index in [9.17, 15) is 14.7 Å². The molecule has 0 saturated heterocycles. The van der Waals surface area contributed by atoms with E-state index in [0.717, 1.165) is 5.69 Å². The minimum Gasteiger partial charge on any atom is -0.507 e. The van der Waals surface area contributed by atoms with Gasteiger partial charge in [-0.1, -0.05) is 29.8 Å². The summed E-state index contributed by atoms with van der Waals surface area (Å²) in [4.78, 5) is 25.3. The fraction of sp³-hybridized carbons (Fsp3) is 0.222. The molecule has 5 nitrogen and oxygen atoms in total. The fourth-order valence-corrected chi connectivity index (χ4v) is 2.60. The Bertz CT molecular complexity index is 747. The maximum Gasteiger partial charge on any atom is 0.238 e.